The van der Waals surface area contributed by atoms with Crippen LogP contribution < -0.4 is 5.32 Å². The van der Waals surface area contributed by atoms with Crippen molar-refractivity contribution in [3.05, 3.63) is 62.6 Å². The summed E-state index contributed by atoms with van der Waals surface area (Å²) in [5.74, 6) is 0.185. The van der Waals surface area contributed by atoms with Gasteiger partial charge in [-0.3, -0.25) is 10.1 Å². The van der Waals surface area contributed by atoms with Crippen LogP contribution in [-0.4, -0.2) is 19.2 Å². The van der Waals surface area contributed by atoms with Crippen molar-refractivity contribution in [1.82, 2.24) is 0 Å². The highest BCUT2D eigenvalue weighted by molar-refractivity contribution is 9.10. The van der Waals surface area contributed by atoms with Crippen LogP contribution in [0.3, 0.4) is 0 Å². The van der Waals surface area contributed by atoms with E-state index in [1.54, 1.807) is 18.2 Å². The van der Waals surface area contributed by atoms with Crippen LogP contribution in [0.2, 0.25) is 0 Å². The van der Waals surface area contributed by atoms with Gasteiger partial charge in [-0.15, -0.1) is 4.40 Å². The minimum atomic E-state index is -3.71. The van der Waals surface area contributed by atoms with Crippen LogP contribution in [0.4, 0.5) is 11.4 Å². The molecule has 0 saturated heterocycles. The van der Waals surface area contributed by atoms with Crippen LogP contribution in [0.5, 0.6) is 0 Å². The summed E-state index contributed by atoms with van der Waals surface area (Å²) in [5, 5.41) is 13.6. The molecule has 0 aliphatic carbocycles. The summed E-state index contributed by atoms with van der Waals surface area (Å²) in [6.45, 7) is 0. The molecule has 1 heterocycles. The van der Waals surface area contributed by atoms with E-state index in [0.717, 1.165) is 0 Å². The second kappa shape index (κ2) is 5.18. The van der Waals surface area contributed by atoms with Crippen LogP contribution in [0, 0.1) is 10.1 Å². The summed E-state index contributed by atoms with van der Waals surface area (Å²) in [6.07, 6.45) is 0. The lowest BCUT2D eigenvalue weighted by atomic mass is 10.2. The first-order valence-corrected chi connectivity index (χ1v) is 8.27. The molecule has 9 heteroatoms. The number of halogens is 1. The number of nitro groups is 1. The molecule has 7 nitrogen and oxygen atoms in total. The summed E-state index contributed by atoms with van der Waals surface area (Å²) >= 11 is 3.22. The average molecular weight is 382 g/mol. The lowest BCUT2D eigenvalue weighted by Gasteiger charge is -2.08. The number of benzene rings is 2. The molecule has 112 valence electrons. The Labute approximate surface area is 134 Å². The second-order valence-electron chi connectivity index (χ2n) is 4.46. The smallest absolute Gasteiger partial charge is 0.285 e. The van der Waals surface area contributed by atoms with Crippen molar-refractivity contribution in [2.75, 3.05) is 5.32 Å². The van der Waals surface area contributed by atoms with Gasteiger partial charge in [0.15, 0.2) is 5.84 Å². The average Bonchev–Trinajstić information content (AvgIpc) is 2.73. The number of fused-ring (bicyclic) bond motifs is 1. The minimum Gasteiger partial charge on any atom is -0.338 e. The van der Waals surface area contributed by atoms with Gasteiger partial charge in [0.2, 0.25) is 0 Å². The van der Waals surface area contributed by atoms with E-state index in [1.807, 2.05) is 0 Å². The fourth-order valence-corrected chi connectivity index (χ4v) is 3.68. The molecule has 22 heavy (non-hydrogen) atoms. The normalized spacial score (nSPS) is 15.0. The first-order valence-electron chi connectivity index (χ1n) is 6.04. The molecule has 0 aromatic heterocycles. The van der Waals surface area contributed by atoms with Crippen molar-refractivity contribution in [1.29, 1.82) is 0 Å². The largest absolute Gasteiger partial charge is 0.338 e. The summed E-state index contributed by atoms with van der Waals surface area (Å²) in [7, 11) is -3.71. The number of anilines is 1. The van der Waals surface area contributed by atoms with Crippen molar-refractivity contribution in [3.63, 3.8) is 0 Å². The van der Waals surface area contributed by atoms with Gasteiger partial charge in [0, 0.05) is 22.2 Å². The molecule has 3 rings (SSSR count). The third kappa shape index (κ3) is 2.48. The van der Waals surface area contributed by atoms with E-state index in [2.05, 4.69) is 25.6 Å². The first-order chi connectivity index (χ1) is 10.4. The lowest BCUT2D eigenvalue weighted by Crippen LogP contribution is -2.11. The Morgan fingerprint density at radius 3 is 2.59 bits per heavy atom. The van der Waals surface area contributed by atoms with Crippen LogP contribution >= 0.6 is 15.9 Å². The number of nitrogens with one attached hydrogen (secondary N) is 1. The number of amidine groups is 1. The Balaban J connectivity index is 2.00. The van der Waals surface area contributed by atoms with E-state index < -0.39 is 14.9 Å². The molecular formula is C13H8BrN3O4S. The number of hydrogen-bond acceptors (Lipinski definition) is 5. The summed E-state index contributed by atoms with van der Waals surface area (Å²) in [6, 6.07) is 10.6. The first kappa shape index (κ1) is 14.7. The molecule has 1 aliphatic heterocycles. The highest BCUT2D eigenvalue weighted by atomic mass is 79.9. The molecule has 0 amide bonds. The van der Waals surface area contributed by atoms with Gasteiger partial charge in [0.25, 0.3) is 15.7 Å². The van der Waals surface area contributed by atoms with Crippen LogP contribution in [-0.2, 0) is 10.0 Å². The zero-order valence-corrected chi connectivity index (χ0v) is 13.3. The maximum absolute atomic E-state index is 12.0. The van der Waals surface area contributed by atoms with E-state index in [0.29, 0.717) is 15.7 Å². The Bertz CT molecular complexity index is 925. The van der Waals surface area contributed by atoms with Crippen LogP contribution in [0.1, 0.15) is 5.56 Å². The fourth-order valence-electron chi connectivity index (χ4n) is 2.04. The van der Waals surface area contributed by atoms with Crippen molar-refractivity contribution in [3.8, 4) is 0 Å². The standard InChI is InChI=1S/C13H8BrN3O4S/c14-10-7-8(17(18)19)5-6-11(10)15-13-9-3-1-2-4-12(9)22(20,21)16-13/h1-7H,(H,15,16). The van der Waals surface area contributed by atoms with E-state index in [9.17, 15) is 18.5 Å². The van der Waals surface area contributed by atoms with Crippen molar-refractivity contribution < 1.29 is 13.3 Å². The lowest BCUT2D eigenvalue weighted by molar-refractivity contribution is -0.384. The number of nitrogens with zero attached hydrogens (tertiary/aromatic N) is 2. The highest BCUT2D eigenvalue weighted by Crippen LogP contribution is 2.31. The topological polar surface area (TPSA) is 102 Å². The van der Waals surface area contributed by atoms with Crippen LogP contribution in [0.25, 0.3) is 0 Å². The van der Waals surface area contributed by atoms with E-state index in [1.165, 1.54) is 24.3 Å². The van der Waals surface area contributed by atoms with Gasteiger partial charge >= 0.3 is 0 Å². The highest BCUT2D eigenvalue weighted by Gasteiger charge is 2.28. The Kier molecular flexibility index (Phi) is 3.45. The zero-order valence-electron chi connectivity index (χ0n) is 10.9. The predicted octanol–water partition coefficient (Wildman–Crippen LogP) is 2.92. The predicted molar refractivity (Wildman–Crippen MR) is 84.6 cm³/mol. The van der Waals surface area contributed by atoms with Crippen LogP contribution in [0.15, 0.2) is 56.2 Å². The summed E-state index contributed by atoms with van der Waals surface area (Å²) in [4.78, 5) is 10.3. The number of nitro benzene ring substituents is 1. The van der Waals surface area contributed by atoms with Gasteiger partial charge in [0.1, 0.15) is 4.90 Å². The zero-order chi connectivity index (χ0) is 15.9. The molecular weight excluding hydrogens is 374 g/mol. The molecule has 2 aromatic carbocycles. The maximum Gasteiger partial charge on any atom is 0.285 e. The molecule has 0 spiro atoms. The van der Waals surface area contributed by atoms with Gasteiger partial charge in [-0.2, -0.15) is 8.42 Å². The monoisotopic (exact) mass is 381 g/mol. The maximum atomic E-state index is 12.0. The quantitative estimate of drug-likeness (QED) is 0.636. The molecule has 1 N–H and O–H groups in total. The van der Waals surface area contributed by atoms with Crippen molar-refractivity contribution in [2.45, 2.75) is 4.90 Å². The molecule has 0 bridgehead atoms. The Morgan fingerprint density at radius 1 is 1.18 bits per heavy atom. The van der Waals surface area contributed by atoms with Crippen molar-refractivity contribution >= 4 is 43.2 Å². The molecule has 1 aliphatic rings. The minimum absolute atomic E-state index is 0.0705. The van der Waals surface area contributed by atoms with E-state index in [-0.39, 0.29) is 16.4 Å². The number of rotatable bonds is 2. The third-order valence-corrected chi connectivity index (χ3v) is 5.04. The molecule has 0 unspecified atom stereocenters. The molecule has 2 aromatic rings. The Hall–Kier alpha value is -2.26. The van der Waals surface area contributed by atoms with Gasteiger partial charge < -0.3 is 5.32 Å². The van der Waals surface area contributed by atoms with Gasteiger partial charge in [-0.25, -0.2) is 0 Å². The number of hydrogen-bond donors (Lipinski definition) is 1. The summed E-state index contributed by atoms with van der Waals surface area (Å²) in [5.41, 5.74) is 0.878. The number of non-ortho nitro benzene ring substituents is 1. The van der Waals surface area contributed by atoms with Crippen molar-refractivity contribution in [2.24, 2.45) is 4.40 Å². The van der Waals surface area contributed by atoms with Gasteiger partial charge in [0.05, 0.1) is 10.6 Å². The summed E-state index contributed by atoms with van der Waals surface area (Å²) < 4.78 is 28.0. The molecule has 0 radical (unpaired) electrons. The van der Waals surface area contributed by atoms with E-state index in [4.69, 9.17) is 0 Å². The second-order valence-corrected chi connectivity index (χ2v) is 6.88. The SMILES string of the molecule is O=[N+]([O-])c1ccc(NC2=NS(=O)(=O)c3ccccc32)c(Br)c1. The molecule has 0 saturated carbocycles. The molecule has 0 atom stereocenters. The molecule has 0 fully saturated rings. The number of sulfonamides is 1. The fraction of sp³-hybridized carbons (Fsp3) is 0. The Morgan fingerprint density at radius 2 is 1.91 bits per heavy atom. The van der Waals surface area contributed by atoms with Gasteiger partial charge in [-0.05, 0) is 34.1 Å². The third-order valence-electron chi connectivity index (χ3n) is 3.05. The van der Waals surface area contributed by atoms with E-state index >= 15 is 0 Å². The van der Waals surface area contributed by atoms with Gasteiger partial charge in [-0.1, -0.05) is 12.1 Å².